The molecule has 0 atom stereocenters. The molecule has 0 radical (unpaired) electrons. The molecule has 0 fully saturated rings. The highest BCUT2D eigenvalue weighted by Crippen LogP contribution is 2.22. The lowest BCUT2D eigenvalue weighted by molar-refractivity contribution is 0.131. The van der Waals surface area contributed by atoms with E-state index in [2.05, 4.69) is 12.2 Å². The van der Waals surface area contributed by atoms with Crippen LogP contribution in [-0.4, -0.2) is 19.8 Å². The third-order valence-corrected chi connectivity index (χ3v) is 2.67. The molecular formula is C13H21ClN2O. The highest BCUT2D eigenvalue weighted by molar-refractivity contribution is 6.31. The molecule has 1 rings (SSSR count). The predicted molar refractivity (Wildman–Crippen MR) is 74.7 cm³/mol. The van der Waals surface area contributed by atoms with Gasteiger partial charge < -0.3 is 15.8 Å². The van der Waals surface area contributed by atoms with Gasteiger partial charge >= 0.3 is 0 Å². The summed E-state index contributed by atoms with van der Waals surface area (Å²) in [6.45, 7) is 4.65. The first kappa shape index (κ1) is 14.1. The number of nitrogens with two attached hydrogens (primary N) is 1. The average molecular weight is 257 g/mol. The second-order valence-electron chi connectivity index (χ2n) is 3.98. The van der Waals surface area contributed by atoms with E-state index in [1.54, 1.807) is 6.07 Å². The molecule has 0 heterocycles. The first-order chi connectivity index (χ1) is 8.24. The van der Waals surface area contributed by atoms with Crippen LogP contribution in [0, 0.1) is 0 Å². The number of hydrogen-bond donors (Lipinski definition) is 2. The maximum Gasteiger partial charge on any atom is 0.0588 e. The van der Waals surface area contributed by atoms with E-state index in [9.17, 15) is 0 Å². The van der Waals surface area contributed by atoms with Crippen LogP contribution in [0.2, 0.25) is 5.02 Å². The summed E-state index contributed by atoms with van der Waals surface area (Å²) in [6, 6.07) is 5.44. The molecule has 0 unspecified atom stereocenters. The van der Waals surface area contributed by atoms with Crippen molar-refractivity contribution in [1.82, 2.24) is 0 Å². The number of nitrogens with one attached hydrogen (secondary N) is 1. The van der Waals surface area contributed by atoms with Crippen molar-refractivity contribution >= 4 is 23.0 Å². The van der Waals surface area contributed by atoms with Crippen LogP contribution in [0.1, 0.15) is 26.2 Å². The van der Waals surface area contributed by atoms with Gasteiger partial charge in [0.25, 0.3) is 0 Å². The SMILES string of the molecule is CCCCOCCCNc1cc(Cl)ccc1N. The Morgan fingerprint density at radius 1 is 1.29 bits per heavy atom. The zero-order valence-corrected chi connectivity index (χ0v) is 11.1. The zero-order chi connectivity index (χ0) is 12.5. The Morgan fingerprint density at radius 3 is 2.82 bits per heavy atom. The molecule has 0 saturated carbocycles. The Labute approximate surface area is 108 Å². The molecule has 0 saturated heterocycles. The van der Waals surface area contributed by atoms with Crippen molar-refractivity contribution in [1.29, 1.82) is 0 Å². The van der Waals surface area contributed by atoms with Crippen LogP contribution in [0.3, 0.4) is 0 Å². The Balaban J connectivity index is 2.15. The number of anilines is 2. The van der Waals surface area contributed by atoms with Gasteiger partial charge in [-0.15, -0.1) is 0 Å². The number of benzene rings is 1. The quantitative estimate of drug-likeness (QED) is 0.552. The van der Waals surface area contributed by atoms with Crippen molar-refractivity contribution in [2.24, 2.45) is 0 Å². The van der Waals surface area contributed by atoms with Gasteiger partial charge in [-0.3, -0.25) is 0 Å². The normalized spacial score (nSPS) is 10.5. The van der Waals surface area contributed by atoms with E-state index in [1.165, 1.54) is 6.42 Å². The molecule has 96 valence electrons. The molecule has 0 aliphatic heterocycles. The maximum atomic E-state index is 5.89. The van der Waals surface area contributed by atoms with Crippen molar-refractivity contribution in [3.63, 3.8) is 0 Å². The fourth-order valence-electron chi connectivity index (χ4n) is 1.43. The van der Waals surface area contributed by atoms with Gasteiger partial charge in [0.1, 0.15) is 0 Å². The van der Waals surface area contributed by atoms with Crippen LogP contribution in [0.15, 0.2) is 18.2 Å². The molecule has 0 aliphatic carbocycles. The van der Waals surface area contributed by atoms with Crippen molar-refractivity contribution in [2.75, 3.05) is 30.8 Å². The topological polar surface area (TPSA) is 47.3 Å². The number of hydrogen-bond acceptors (Lipinski definition) is 3. The van der Waals surface area contributed by atoms with E-state index in [1.807, 2.05) is 12.1 Å². The fraction of sp³-hybridized carbons (Fsp3) is 0.538. The standard InChI is InChI=1S/C13H21ClN2O/c1-2-3-8-17-9-4-7-16-13-10-11(14)5-6-12(13)15/h5-6,10,16H,2-4,7-9,15H2,1H3. The number of halogens is 1. The fourth-order valence-corrected chi connectivity index (χ4v) is 1.60. The number of rotatable bonds is 8. The van der Waals surface area contributed by atoms with Crippen LogP contribution < -0.4 is 11.1 Å². The van der Waals surface area contributed by atoms with Crippen molar-refractivity contribution < 1.29 is 4.74 Å². The summed E-state index contributed by atoms with van der Waals surface area (Å²) in [6.07, 6.45) is 3.28. The molecule has 0 aromatic heterocycles. The first-order valence-electron chi connectivity index (χ1n) is 6.10. The van der Waals surface area contributed by atoms with Crippen molar-refractivity contribution in [2.45, 2.75) is 26.2 Å². The molecule has 0 amide bonds. The summed E-state index contributed by atoms with van der Waals surface area (Å²) in [4.78, 5) is 0. The molecule has 1 aromatic rings. The van der Waals surface area contributed by atoms with Gasteiger partial charge in [0, 0.05) is 24.8 Å². The molecule has 3 N–H and O–H groups in total. The first-order valence-corrected chi connectivity index (χ1v) is 6.48. The van der Waals surface area contributed by atoms with Crippen molar-refractivity contribution in [3.8, 4) is 0 Å². The minimum Gasteiger partial charge on any atom is -0.397 e. The second-order valence-corrected chi connectivity index (χ2v) is 4.41. The van der Waals surface area contributed by atoms with Gasteiger partial charge in [-0.2, -0.15) is 0 Å². The van der Waals surface area contributed by atoms with E-state index in [0.717, 1.165) is 44.0 Å². The lowest BCUT2D eigenvalue weighted by atomic mass is 10.2. The van der Waals surface area contributed by atoms with E-state index in [4.69, 9.17) is 22.1 Å². The van der Waals surface area contributed by atoms with Crippen LogP contribution in [-0.2, 0) is 4.74 Å². The predicted octanol–water partition coefficient (Wildman–Crippen LogP) is 3.54. The lowest BCUT2D eigenvalue weighted by Crippen LogP contribution is -2.07. The van der Waals surface area contributed by atoms with Crippen LogP contribution in [0.25, 0.3) is 0 Å². The van der Waals surface area contributed by atoms with Gasteiger partial charge in [0.2, 0.25) is 0 Å². The monoisotopic (exact) mass is 256 g/mol. The van der Waals surface area contributed by atoms with E-state index < -0.39 is 0 Å². The summed E-state index contributed by atoms with van der Waals surface area (Å²) < 4.78 is 5.47. The van der Waals surface area contributed by atoms with Gasteiger partial charge in [-0.05, 0) is 31.0 Å². The van der Waals surface area contributed by atoms with Gasteiger partial charge in [-0.25, -0.2) is 0 Å². The van der Waals surface area contributed by atoms with E-state index >= 15 is 0 Å². The van der Waals surface area contributed by atoms with Gasteiger partial charge in [-0.1, -0.05) is 24.9 Å². The Bertz CT molecular complexity index is 331. The van der Waals surface area contributed by atoms with E-state index in [0.29, 0.717) is 5.02 Å². The number of ether oxygens (including phenoxy) is 1. The smallest absolute Gasteiger partial charge is 0.0588 e. The lowest BCUT2D eigenvalue weighted by Gasteiger charge is -2.09. The third-order valence-electron chi connectivity index (χ3n) is 2.44. The van der Waals surface area contributed by atoms with Gasteiger partial charge in [0.05, 0.1) is 11.4 Å². The summed E-state index contributed by atoms with van der Waals surface area (Å²) >= 11 is 5.89. The Morgan fingerprint density at radius 2 is 2.06 bits per heavy atom. The molecule has 0 bridgehead atoms. The Kier molecular flexibility index (Phi) is 6.82. The maximum absolute atomic E-state index is 5.89. The highest BCUT2D eigenvalue weighted by Gasteiger charge is 1.99. The average Bonchev–Trinajstić information content (AvgIpc) is 2.32. The molecule has 0 aliphatic rings. The van der Waals surface area contributed by atoms with Crippen LogP contribution in [0.5, 0.6) is 0 Å². The third kappa shape index (κ3) is 5.80. The van der Waals surface area contributed by atoms with Gasteiger partial charge in [0.15, 0.2) is 0 Å². The highest BCUT2D eigenvalue weighted by atomic mass is 35.5. The molecule has 17 heavy (non-hydrogen) atoms. The summed E-state index contributed by atoms with van der Waals surface area (Å²) in [7, 11) is 0. The second kappa shape index (κ2) is 8.20. The largest absolute Gasteiger partial charge is 0.397 e. The Hall–Kier alpha value is -0.930. The minimum absolute atomic E-state index is 0.695. The zero-order valence-electron chi connectivity index (χ0n) is 10.3. The summed E-state index contributed by atoms with van der Waals surface area (Å²) in [5.74, 6) is 0. The van der Waals surface area contributed by atoms with Crippen LogP contribution >= 0.6 is 11.6 Å². The van der Waals surface area contributed by atoms with E-state index in [-0.39, 0.29) is 0 Å². The van der Waals surface area contributed by atoms with Crippen LogP contribution in [0.4, 0.5) is 11.4 Å². The summed E-state index contributed by atoms with van der Waals surface area (Å²) in [5, 5.41) is 3.95. The molecule has 3 nitrogen and oxygen atoms in total. The number of nitrogen functional groups attached to an aromatic ring is 1. The minimum atomic E-state index is 0.695. The molecule has 1 aromatic carbocycles. The van der Waals surface area contributed by atoms with Crippen molar-refractivity contribution in [3.05, 3.63) is 23.2 Å². The summed E-state index contributed by atoms with van der Waals surface area (Å²) in [5.41, 5.74) is 7.44. The number of unbranched alkanes of at least 4 members (excludes halogenated alkanes) is 1. The molecule has 4 heteroatoms. The molecule has 0 spiro atoms. The molecular weight excluding hydrogens is 236 g/mol.